The lowest BCUT2D eigenvalue weighted by Crippen LogP contribution is -2.05. The van der Waals surface area contributed by atoms with Crippen molar-refractivity contribution in [1.29, 1.82) is 0 Å². The van der Waals surface area contributed by atoms with Gasteiger partial charge in [-0.05, 0) is 42.5 Å². The van der Waals surface area contributed by atoms with Crippen LogP contribution in [0, 0.1) is 0 Å². The summed E-state index contributed by atoms with van der Waals surface area (Å²) in [7, 11) is -0.873. The van der Waals surface area contributed by atoms with Gasteiger partial charge >= 0.3 is 6.18 Å². The van der Waals surface area contributed by atoms with Crippen molar-refractivity contribution in [2.75, 3.05) is 12.5 Å². The monoisotopic (exact) mass is 434 g/mol. The molecule has 0 bridgehead atoms. The van der Waals surface area contributed by atoms with E-state index in [2.05, 4.69) is 9.46 Å². The molecule has 0 atom stereocenters. The number of aromatic nitrogens is 3. The Labute approximate surface area is 170 Å². The van der Waals surface area contributed by atoms with Gasteiger partial charge in [-0.2, -0.15) is 22.6 Å². The Morgan fingerprint density at radius 2 is 1.73 bits per heavy atom. The van der Waals surface area contributed by atoms with Crippen LogP contribution in [0.5, 0.6) is 0 Å². The third-order valence-corrected chi connectivity index (χ3v) is 5.16. The van der Waals surface area contributed by atoms with Crippen molar-refractivity contribution < 1.29 is 22.2 Å². The highest BCUT2D eigenvalue weighted by Crippen LogP contribution is 2.34. The van der Waals surface area contributed by atoms with Crippen LogP contribution in [0.3, 0.4) is 0 Å². The molecule has 0 unspecified atom stereocenters. The van der Waals surface area contributed by atoms with E-state index in [1.54, 1.807) is 40.7 Å². The predicted molar refractivity (Wildman–Crippen MR) is 109 cm³/mol. The van der Waals surface area contributed by atoms with Gasteiger partial charge in [-0.1, -0.05) is 0 Å². The summed E-state index contributed by atoms with van der Waals surface area (Å²) >= 11 is 0. The van der Waals surface area contributed by atoms with Gasteiger partial charge in [-0.3, -0.25) is 14.0 Å². The molecule has 0 radical (unpaired) electrons. The molecule has 2 heterocycles. The maximum Gasteiger partial charge on any atom is 0.416 e. The smallest absolute Gasteiger partial charge is 0.292 e. The van der Waals surface area contributed by atoms with Crippen LogP contribution in [0.1, 0.15) is 15.9 Å². The number of fused-ring (bicyclic) bond motifs is 3. The van der Waals surface area contributed by atoms with E-state index >= 15 is 0 Å². The Morgan fingerprint density at radius 1 is 1.07 bits per heavy atom. The van der Waals surface area contributed by atoms with Crippen LogP contribution >= 0.6 is 0 Å². The van der Waals surface area contributed by atoms with Crippen molar-refractivity contribution in [1.82, 2.24) is 14.3 Å². The normalized spacial score (nSPS) is 12.6. The Kier molecular flexibility index (Phi) is 4.50. The van der Waals surface area contributed by atoms with Crippen molar-refractivity contribution >= 4 is 37.6 Å². The van der Waals surface area contributed by atoms with Gasteiger partial charge in [0, 0.05) is 57.5 Å². The summed E-state index contributed by atoms with van der Waals surface area (Å²) in [6.07, 6.45) is 0.105. The highest BCUT2D eigenvalue weighted by Gasteiger charge is 2.30. The molecule has 2 aromatic heterocycles. The van der Waals surface area contributed by atoms with Crippen molar-refractivity contribution in [2.45, 2.75) is 6.18 Å². The average Bonchev–Trinajstić information content (AvgIpc) is 3.14. The zero-order valence-corrected chi connectivity index (χ0v) is 17.1. The largest absolute Gasteiger partial charge is 0.416 e. The number of benzene rings is 2. The molecule has 156 valence electrons. The molecule has 6 nitrogen and oxygen atoms in total. The molecule has 4 aromatic rings. The first kappa shape index (κ1) is 20.1. The molecule has 0 aliphatic heterocycles. The SMILES string of the molecule is Cn1cc2c3cc(C(=O)N=S(C)(C)=O)ccc3n(-c3ccc(C(F)(F)F)cc3)c2n1. The number of amides is 1. The molecular formula is C20H17F3N4O2S. The maximum atomic E-state index is 12.9. The van der Waals surface area contributed by atoms with E-state index in [4.69, 9.17) is 0 Å². The van der Waals surface area contributed by atoms with Gasteiger partial charge in [0.25, 0.3) is 5.91 Å². The fraction of sp³-hybridized carbons (Fsp3) is 0.200. The lowest BCUT2D eigenvalue weighted by Gasteiger charge is -2.10. The second-order valence-electron chi connectivity index (χ2n) is 7.23. The molecule has 30 heavy (non-hydrogen) atoms. The van der Waals surface area contributed by atoms with Crippen LogP contribution in [-0.4, -0.2) is 37.0 Å². The third kappa shape index (κ3) is 3.58. The van der Waals surface area contributed by atoms with Crippen LogP contribution in [0.2, 0.25) is 0 Å². The molecule has 0 aliphatic carbocycles. The van der Waals surface area contributed by atoms with Crippen LogP contribution in [0.15, 0.2) is 53.0 Å². The van der Waals surface area contributed by atoms with E-state index in [9.17, 15) is 22.2 Å². The maximum absolute atomic E-state index is 12.9. The molecule has 10 heteroatoms. The van der Waals surface area contributed by atoms with Crippen LogP contribution in [0.4, 0.5) is 13.2 Å². The van der Waals surface area contributed by atoms with Gasteiger partial charge in [0.1, 0.15) is 0 Å². The summed E-state index contributed by atoms with van der Waals surface area (Å²) in [5.74, 6) is -0.591. The lowest BCUT2D eigenvalue weighted by atomic mass is 10.1. The minimum absolute atomic E-state index is 0.272. The van der Waals surface area contributed by atoms with E-state index in [0.29, 0.717) is 22.2 Å². The second-order valence-corrected chi connectivity index (χ2v) is 9.77. The summed E-state index contributed by atoms with van der Waals surface area (Å²) in [5.41, 5.74) is 1.27. The molecular weight excluding hydrogens is 417 g/mol. The minimum atomic E-state index is -4.42. The lowest BCUT2D eigenvalue weighted by molar-refractivity contribution is -0.137. The van der Waals surface area contributed by atoms with E-state index in [0.717, 1.165) is 17.5 Å². The quantitative estimate of drug-likeness (QED) is 0.470. The number of hydrogen-bond acceptors (Lipinski definition) is 3. The fourth-order valence-corrected chi connectivity index (χ4v) is 3.84. The third-order valence-electron chi connectivity index (χ3n) is 4.55. The Hall–Kier alpha value is -3.14. The van der Waals surface area contributed by atoms with Crippen LogP contribution < -0.4 is 0 Å². The van der Waals surface area contributed by atoms with E-state index in [1.165, 1.54) is 24.6 Å². The van der Waals surface area contributed by atoms with Crippen LogP contribution in [-0.2, 0) is 23.0 Å². The number of alkyl halides is 3. The highest BCUT2D eigenvalue weighted by atomic mass is 32.2. The summed E-state index contributed by atoms with van der Waals surface area (Å²) < 4.78 is 57.7. The van der Waals surface area contributed by atoms with Gasteiger partial charge in [0.05, 0.1) is 11.1 Å². The van der Waals surface area contributed by atoms with Gasteiger partial charge in [0.2, 0.25) is 0 Å². The molecule has 0 aliphatic rings. The Bertz CT molecular complexity index is 1410. The van der Waals surface area contributed by atoms with Crippen molar-refractivity contribution in [3.8, 4) is 5.69 Å². The van der Waals surface area contributed by atoms with Crippen molar-refractivity contribution in [3.05, 3.63) is 59.8 Å². The molecule has 4 rings (SSSR count). The Balaban J connectivity index is 1.94. The zero-order chi connectivity index (χ0) is 21.8. The first-order chi connectivity index (χ1) is 13.9. The number of hydrogen-bond donors (Lipinski definition) is 0. The summed E-state index contributed by atoms with van der Waals surface area (Å²) in [6, 6.07) is 9.68. The molecule has 0 fully saturated rings. The molecule has 2 aromatic carbocycles. The highest BCUT2D eigenvalue weighted by molar-refractivity contribution is 7.92. The summed E-state index contributed by atoms with van der Waals surface area (Å²) in [6.45, 7) is 0. The van der Waals surface area contributed by atoms with E-state index in [1.807, 2.05) is 0 Å². The first-order valence-electron chi connectivity index (χ1n) is 8.81. The predicted octanol–water partition coefficient (Wildman–Crippen LogP) is 4.40. The molecule has 0 saturated heterocycles. The van der Waals surface area contributed by atoms with Gasteiger partial charge < -0.3 is 0 Å². The zero-order valence-electron chi connectivity index (χ0n) is 16.3. The topological polar surface area (TPSA) is 69.2 Å². The van der Waals surface area contributed by atoms with Crippen molar-refractivity contribution in [3.63, 3.8) is 0 Å². The molecule has 0 saturated carbocycles. The number of halogens is 3. The van der Waals surface area contributed by atoms with Gasteiger partial charge in [-0.25, -0.2) is 4.21 Å². The van der Waals surface area contributed by atoms with Gasteiger partial charge in [-0.15, -0.1) is 0 Å². The second kappa shape index (κ2) is 6.69. The molecule has 0 spiro atoms. The van der Waals surface area contributed by atoms with E-state index < -0.39 is 27.4 Å². The van der Waals surface area contributed by atoms with E-state index in [-0.39, 0.29) is 5.56 Å². The first-order valence-corrected chi connectivity index (χ1v) is 11.1. The fourth-order valence-electron chi connectivity index (χ4n) is 3.34. The minimum Gasteiger partial charge on any atom is -0.292 e. The molecule has 0 N–H and O–H groups in total. The van der Waals surface area contributed by atoms with Crippen molar-refractivity contribution in [2.24, 2.45) is 11.4 Å². The number of rotatable bonds is 2. The number of aryl methyl sites for hydroxylation is 1. The average molecular weight is 434 g/mol. The van der Waals surface area contributed by atoms with Gasteiger partial charge in [0.15, 0.2) is 5.65 Å². The molecule has 1 amide bonds. The standard InChI is InChI=1S/C20H17F3N4O2S/c1-26-11-16-15-10-12(19(28)25-30(2,3)29)4-9-17(15)27(18(16)24-26)14-7-5-13(6-8-14)20(21,22)23/h4-11H,1-3H3. The Morgan fingerprint density at radius 3 is 2.33 bits per heavy atom. The summed E-state index contributed by atoms with van der Waals surface area (Å²) in [4.78, 5) is 12.4. The summed E-state index contributed by atoms with van der Waals surface area (Å²) in [5, 5.41) is 5.86. The number of carbonyl (C=O) groups excluding carboxylic acids is 1. The van der Waals surface area contributed by atoms with Crippen LogP contribution in [0.25, 0.3) is 27.6 Å². The number of nitrogens with zero attached hydrogens (tertiary/aromatic N) is 4. The number of carbonyl (C=O) groups is 1.